The number of hydrogen-bond acceptors (Lipinski definition) is 18. The van der Waals surface area contributed by atoms with E-state index in [4.69, 9.17) is 24.4 Å². The zero-order valence-corrected chi connectivity index (χ0v) is 40.8. The van der Waals surface area contributed by atoms with E-state index in [2.05, 4.69) is 59.6 Å². The highest BCUT2D eigenvalue weighted by Gasteiger charge is 2.21. The Hall–Kier alpha value is -6.49. The molecule has 4 aromatic carbocycles. The fourth-order valence-electron chi connectivity index (χ4n) is 6.94. The van der Waals surface area contributed by atoms with Gasteiger partial charge in [-0.05, 0) is 89.1 Å². The molecule has 0 aliphatic heterocycles. The summed E-state index contributed by atoms with van der Waals surface area (Å²) < 4.78 is 78.7. The summed E-state index contributed by atoms with van der Waals surface area (Å²) in [4.78, 5) is 20.5. The lowest BCUT2D eigenvalue weighted by Gasteiger charge is -2.26. The maximum Gasteiger partial charge on any atom is 0.294 e. The topological polar surface area (TPSA) is 249 Å². The van der Waals surface area contributed by atoms with Crippen LogP contribution >= 0.6 is 0 Å². The Bertz CT molecular complexity index is 2570. The molecule has 0 spiro atoms. The van der Waals surface area contributed by atoms with Crippen molar-refractivity contribution in [1.82, 2.24) is 15.0 Å². The second-order valence-electron chi connectivity index (χ2n) is 15.0. The van der Waals surface area contributed by atoms with Crippen LogP contribution in [0.3, 0.4) is 0 Å². The lowest BCUT2D eigenvalue weighted by Crippen LogP contribution is -2.28. The largest absolute Gasteiger partial charge is 0.494 e. The van der Waals surface area contributed by atoms with Gasteiger partial charge in [0.25, 0.3) is 20.2 Å². The second kappa shape index (κ2) is 23.8. The number of anilines is 7. The Morgan fingerprint density at radius 3 is 1.30 bits per heavy atom. The van der Waals surface area contributed by atoms with E-state index >= 15 is 0 Å². The molecule has 360 valence electrons. The van der Waals surface area contributed by atoms with Crippen LogP contribution in [0.2, 0.25) is 0 Å². The molecule has 0 radical (unpaired) electrons. The van der Waals surface area contributed by atoms with Gasteiger partial charge >= 0.3 is 0 Å². The van der Waals surface area contributed by atoms with Crippen molar-refractivity contribution in [3.05, 3.63) is 72.8 Å². The minimum absolute atomic E-state index is 0.147. The van der Waals surface area contributed by atoms with Crippen molar-refractivity contribution in [1.29, 1.82) is 0 Å². The highest BCUT2D eigenvalue weighted by atomic mass is 32.2. The van der Waals surface area contributed by atoms with Crippen LogP contribution in [0.5, 0.6) is 11.5 Å². The lowest BCUT2D eigenvalue weighted by molar-refractivity contribution is 0.414. The van der Waals surface area contributed by atoms with E-state index in [9.17, 15) is 25.9 Å². The van der Waals surface area contributed by atoms with Crippen LogP contribution in [-0.4, -0.2) is 94.4 Å². The van der Waals surface area contributed by atoms with Crippen molar-refractivity contribution in [2.24, 2.45) is 20.5 Å². The number of benzene rings is 4. The standard InChI is InChI=1S/C45H60N12O8S2/c1-9-15-23-57(24-16-10-2)45-49-43(46-35-27-39(55(11-3)12-4)41(64-7)29-37(35)53-51-31-19-17-21-33(25-31)66(58,59)60)48-44(50-45)47-36-28-40(56(13-5)14-6)42(65-8)30-38(36)54-52-32-20-18-22-34(26-32)67(61,62)63/h17-22,25-30H,9-16,23-24H2,1-8H3,(H,58,59,60)(H,61,62,63)(H2,46,47,48,49,50)/b53-51+,54-52+. The van der Waals surface area contributed by atoms with E-state index in [1.165, 1.54) is 36.4 Å². The minimum Gasteiger partial charge on any atom is -0.494 e. The average molecular weight is 961 g/mol. The van der Waals surface area contributed by atoms with Crippen molar-refractivity contribution in [3.63, 3.8) is 0 Å². The van der Waals surface area contributed by atoms with Gasteiger partial charge in [-0.2, -0.15) is 42.0 Å². The summed E-state index contributed by atoms with van der Waals surface area (Å²) in [6, 6.07) is 18.1. The van der Waals surface area contributed by atoms with Crippen LogP contribution in [0, 0.1) is 0 Å². The molecule has 67 heavy (non-hydrogen) atoms. The fraction of sp³-hybridized carbons (Fsp3) is 0.400. The molecule has 0 bridgehead atoms. The molecular formula is C45H60N12O8S2. The molecule has 1 heterocycles. The molecule has 0 saturated carbocycles. The third-order valence-electron chi connectivity index (χ3n) is 10.5. The maximum atomic E-state index is 11.9. The third kappa shape index (κ3) is 13.8. The monoisotopic (exact) mass is 960 g/mol. The Morgan fingerprint density at radius 2 is 0.955 bits per heavy atom. The summed E-state index contributed by atoms with van der Waals surface area (Å²) in [6.07, 6.45) is 3.63. The summed E-state index contributed by atoms with van der Waals surface area (Å²) in [7, 11) is -5.89. The first kappa shape index (κ1) is 51.5. The van der Waals surface area contributed by atoms with Crippen molar-refractivity contribution >= 4 is 83.6 Å². The van der Waals surface area contributed by atoms with E-state index in [1.807, 2.05) is 39.8 Å². The zero-order valence-electron chi connectivity index (χ0n) is 39.1. The van der Waals surface area contributed by atoms with Gasteiger partial charge in [-0.15, -0.1) is 10.2 Å². The van der Waals surface area contributed by atoms with Gasteiger partial charge in [0.15, 0.2) is 0 Å². The number of unbranched alkanes of at least 4 members (excludes halogenated alkanes) is 2. The summed E-state index contributed by atoms with van der Waals surface area (Å²) >= 11 is 0. The number of nitrogens with one attached hydrogen (secondary N) is 2. The van der Waals surface area contributed by atoms with Crippen molar-refractivity contribution < 1.29 is 35.4 Å². The fourth-order valence-corrected chi connectivity index (χ4v) is 7.98. The molecule has 22 heteroatoms. The van der Waals surface area contributed by atoms with E-state index < -0.39 is 20.2 Å². The number of ether oxygens (including phenoxy) is 2. The normalized spacial score (nSPS) is 11.9. The summed E-state index contributed by atoms with van der Waals surface area (Å²) in [5.41, 5.74) is 3.32. The van der Waals surface area contributed by atoms with Crippen molar-refractivity contribution in [3.8, 4) is 11.5 Å². The summed E-state index contributed by atoms with van der Waals surface area (Å²) in [5.74, 6) is 1.71. The van der Waals surface area contributed by atoms with E-state index in [0.29, 0.717) is 79.5 Å². The first-order chi connectivity index (χ1) is 32.1. The average Bonchev–Trinajstić information content (AvgIpc) is 3.31. The molecule has 1 aromatic heterocycles. The molecule has 0 saturated heterocycles. The molecule has 0 amide bonds. The van der Waals surface area contributed by atoms with Crippen molar-refractivity contribution in [2.45, 2.75) is 77.0 Å². The van der Waals surface area contributed by atoms with Crippen LogP contribution in [0.15, 0.2) is 103 Å². The van der Waals surface area contributed by atoms with Crippen LogP contribution < -0.4 is 34.8 Å². The smallest absolute Gasteiger partial charge is 0.294 e. The number of rotatable bonds is 25. The predicted molar refractivity (Wildman–Crippen MR) is 262 cm³/mol. The van der Waals surface area contributed by atoms with Crippen molar-refractivity contribution in [2.75, 3.05) is 78.8 Å². The summed E-state index contributed by atoms with van der Waals surface area (Å²) in [6.45, 7) is 16.3. The Labute approximate surface area is 393 Å². The highest BCUT2D eigenvalue weighted by molar-refractivity contribution is 7.86. The van der Waals surface area contributed by atoms with Gasteiger partial charge in [0.1, 0.15) is 22.9 Å². The van der Waals surface area contributed by atoms with Gasteiger partial charge in [0.05, 0.1) is 58.1 Å². The predicted octanol–water partition coefficient (Wildman–Crippen LogP) is 10.8. The van der Waals surface area contributed by atoms with Crippen LogP contribution in [0.25, 0.3) is 0 Å². The van der Waals surface area contributed by atoms with Gasteiger partial charge in [-0.1, -0.05) is 38.8 Å². The molecule has 0 aliphatic rings. The zero-order chi connectivity index (χ0) is 48.7. The molecule has 4 N–H and O–H groups in total. The number of azo groups is 2. The SMILES string of the molecule is CCCCN(CCCC)c1nc(Nc2cc(N(CC)CC)c(OC)cc2/N=N/c2cccc(S(=O)(=O)O)c2)nc(Nc2cc(N(CC)CC)c(OC)cc2/N=N/c2cccc(S(=O)(=O)O)c2)n1. The highest BCUT2D eigenvalue weighted by Crippen LogP contribution is 2.43. The minimum atomic E-state index is -4.50. The first-order valence-corrected chi connectivity index (χ1v) is 24.9. The maximum absolute atomic E-state index is 11.9. The molecule has 0 fully saturated rings. The first-order valence-electron chi connectivity index (χ1n) is 22.1. The Kier molecular flexibility index (Phi) is 18.3. The second-order valence-corrected chi connectivity index (χ2v) is 17.8. The molecule has 5 rings (SSSR count). The molecule has 20 nitrogen and oxygen atoms in total. The summed E-state index contributed by atoms with van der Waals surface area (Å²) in [5, 5.41) is 24.5. The lowest BCUT2D eigenvalue weighted by atomic mass is 10.2. The Morgan fingerprint density at radius 1 is 0.552 bits per heavy atom. The van der Waals surface area contributed by atoms with Gasteiger partial charge < -0.3 is 34.8 Å². The molecule has 0 unspecified atom stereocenters. The van der Waals surface area contributed by atoms with E-state index in [1.54, 1.807) is 38.5 Å². The van der Waals surface area contributed by atoms with Crippen LogP contribution in [-0.2, 0) is 20.2 Å². The van der Waals surface area contributed by atoms with Gasteiger partial charge in [0.2, 0.25) is 17.8 Å². The molecule has 0 atom stereocenters. The van der Waals surface area contributed by atoms with Crippen LogP contribution in [0.1, 0.15) is 67.2 Å². The number of methoxy groups -OCH3 is 2. The third-order valence-corrected chi connectivity index (χ3v) is 12.2. The van der Waals surface area contributed by atoms with E-state index in [-0.39, 0.29) is 33.1 Å². The van der Waals surface area contributed by atoms with E-state index in [0.717, 1.165) is 37.1 Å². The van der Waals surface area contributed by atoms with Gasteiger partial charge in [0, 0.05) is 51.4 Å². The number of aromatic nitrogens is 3. The molecule has 0 aliphatic carbocycles. The molecule has 5 aromatic rings. The van der Waals surface area contributed by atoms with Gasteiger partial charge in [-0.3, -0.25) is 9.11 Å². The van der Waals surface area contributed by atoms with Crippen LogP contribution in [0.4, 0.5) is 63.3 Å². The van der Waals surface area contributed by atoms with Gasteiger partial charge in [-0.25, -0.2) is 0 Å². The quantitative estimate of drug-likeness (QED) is 0.0313. The number of hydrogen-bond donors (Lipinski definition) is 4. The molecular weight excluding hydrogens is 901 g/mol. The number of nitrogens with zero attached hydrogens (tertiary/aromatic N) is 10. The Balaban J connectivity index is 1.72.